The predicted octanol–water partition coefficient (Wildman–Crippen LogP) is 4.94. The number of rotatable bonds is 5. The van der Waals surface area contributed by atoms with Crippen molar-refractivity contribution in [1.29, 1.82) is 0 Å². The molecule has 0 bridgehead atoms. The van der Waals surface area contributed by atoms with Crippen LogP contribution < -0.4 is 5.32 Å². The van der Waals surface area contributed by atoms with Gasteiger partial charge < -0.3 is 5.32 Å². The first kappa shape index (κ1) is 15.6. The van der Waals surface area contributed by atoms with E-state index in [1.54, 1.807) is 6.20 Å². The fourth-order valence-corrected chi connectivity index (χ4v) is 2.46. The SMILES string of the molecule is CCNC(Cc1ccc(Cl)c(Cl)c1)c1ccc(Cl)cn1. The van der Waals surface area contributed by atoms with Crippen LogP contribution in [0, 0.1) is 0 Å². The molecule has 1 unspecified atom stereocenters. The molecular formula is C15H15Cl3N2. The summed E-state index contributed by atoms with van der Waals surface area (Å²) in [7, 11) is 0. The van der Waals surface area contributed by atoms with Crippen LogP contribution in [-0.2, 0) is 6.42 Å². The van der Waals surface area contributed by atoms with Gasteiger partial charge in [0.05, 0.1) is 26.8 Å². The van der Waals surface area contributed by atoms with Crippen molar-refractivity contribution in [2.45, 2.75) is 19.4 Å². The summed E-state index contributed by atoms with van der Waals surface area (Å²) in [5.41, 5.74) is 2.07. The van der Waals surface area contributed by atoms with Crippen molar-refractivity contribution in [1.82, 2.24) is 10.3 Å². The van der Waals surface area contributed by atoms with Crippen LogP contribution in [-0.4, -0.2) is 11.5 Å². The molecule has 5 heteroatoms. The summed E-state index contributed by atoms with van der Waals surface area (Å²) >= 11 is 17.9. The van der Waals surface area contributed by atoms with E-state index in [-0.39, 0.29) is 6.04 Å². The molecule has 1 heterocycles. The van der Waals surface area contributed by atoms with Gasteiger partial charge in [-0.2, -0.15) is 0 Å². The number of aromatic nitrogens is 1. The van der Waals surface area contributed by atoms with Gasteiger partial charge in [0, 0.05) is 6.20 Å². The first-order chi connectivity index (χ1) is 9.60. The predicted molar refractivity (Wildman–Crippen MR) is 85.8 cm³/mol. The molecule has 2 nitrogen and oxygen atoms in total. The van der Waals surface area contributed by atoms with E-state index in [9.17, 15) is 0 Å². The molecule has 2 rings (SSSR count). The number of hydrogen-bond acceptors (Lipinski definition) is 2. The molecule has 0 saturated carbocycles. The number of pyridine rings is 1. The molecule has 0 aliphatic heterocycles. The Morgan fingerprint density at radius 2 is 1.90 bits per heavy atom. The van der Waals surface area contributed by atoms with Crippen molar-refractivity contribution in [3.8, 4) is 0 Å². The quantitative estimate of drug-likeness (QED) is 0.841. The van der Waals surface area contributed by atoms with E-state index in [2.05, 4.69) is 17.2 Å². The van der Waals surface area contributed by atoms with Crippen LogP contribution in [0.2, 0.25) is 15.1 Å². The van der Waals surface area contributed by atoms with Crippen molar-refractivity contribution in [3.63, 3.8) is 0 Å². The molecule has 1 aromatic heterocycles. The smallest absolute Gasteiger partial charge is 0.0595 e. The molecule has 2 aromatic rings. The maximum absolute atomic E-state index is 6.06. The summed E-state index contributed by atoms with van der Waals surface area (Å²) < 4.78 is 0. The molecule has 0 spiro atoms. The Labute approximate surface area is 134 Å². The van der Waals surface area contributed by atoms with Crippen molar-refractivity contribution >= 4 is 34.8 Å². The molecule has 0 aliphatic rings. The number of likely N-dealkylation sites (N-methyl/N-ethyl adjacent to an activating group) is 1. The number of halogens is 3. The lowest BCUT2D eigenvalue weighted by atomic mass is 10.0. The zero-order chi connectivity index (χ0) is 14.5. The molecule has 106 valence electrons. The molecular weight excluding hydrogens is 315 g/mol. The summed E-state index contributed by atoms with van der Waals surface area (Å²) in [6.45, 7) is 2.92. The monoisotopic (exact) mass is 328 g/mol. The fourth-order valence-electron chi connectivity index (χ4n) is 2.02. The van der Waals surface area contributed by atoms with Crippen LogP contribution in [0.1, 0.15) is 24.2 Å². The van der Waals surface area contributed by atoms with Gasteiger partial charge in [0.25, 0.3) is 0 Å². The van der Waals surface area contributed by atoms with E-state index in [0.29, 0.717) is 15.1 Å². The van der Waals surface area contributed by atoms with E-state index >= 15 is 0 Å². The molecule has 0 saturated heterocycles. The van der Waals surface area contributed by atoms with Crippen LogP contribution in [0.15, 0.2) is 36.5 Å². The average molecular weight is 330 g/mol. The van der Waals surface area contributed by atoms with Crippen molar-refractivity contribution in [3.05, 3.63) is 62.9 Å². The number of hydrogen-bond donors (Lipinski definition) is 1. The lowest BCUT2D eigenvalue weighted by molar-refractivity contribution is 0.537. The highest BCUT2D eigenvalue weighted by Crippen LogP contribution is 2.25. The Morgan fingerprint density at radius 1 is 1.10 bits per heavy atom. The Bertz CT molecular complexity index is 570. The third kappa shape index (κ3) is 4.10. The summed E-state index contributed by atoms with van der Waals surface area (Å²) in [5, 5.41) is 5.20. The molecule has 0 aliphatic carbocycles. The molecule has 0 radical (unpaired) electrons. The molecule has 1 N–H and O–H groups in total. The highest BCUT2D eigenvalue weighted by atomic mass is 35.5. The van der Waals surface area contributed by atoms with Gasteiger partial charge in [0.2, 0.25) is 0 Å². The minimum Gasteiger partial charge on any atom is -0.309 e. The maximum atomic E-state index is 6.06. The van der Waals surface area contributed by atoms with Crippen LogP contribution >= 0.6 is 34.8 Å². The fraction of sp³-hybridized carbons (Fsp3) is 0.267. The van der Waals surface area contributed by atoms with Gasteiger partial charge in [-0.15, -0.1) is 0 Å². The minimum absolute atomic E-state index is 0.120. The van der Waals surface area contributed by atoms with E-state index < -0.39 is 0 Å². The lowest BCUT2D eigenvalue weighted by Gasteiger charge is -2.18. The van der Waals surface area contributed by atoms with Crippen molar-refractivity contribution < 1.29 is 0 Å². The second-order valence-corrected chi connectivity index (χ2v) is 5.71. The topological polar surface area (TPSA) is 24.9 Å². The maximum Gasteiger partial charge on any atom is 0.0595 e. The van der Waals surface area contributed by atoms with Crippen LogP contribution in [0.3, 0.4) is 0 Å². The summed E-state index contributed by atoms with van der Waals surface area (Å²) in [5.74, 6) is 0. The zero-order valence-corrected chi connectivity index (χ0v) is 13.3. The highest BCUT2D eigenvalue weighted by molar-refractivity contribution is 6.42. The van der Waals surface area contributed by atoms with Crippen LogP contribution in [0.5, 0.6) is 0 Å². The van der Waals surface area contributed by atoms with Gasteiger partial charge >= 0.3 is 0 Å². The Kier molecular flexibility index (Phi) is 5.67. The molecule has 1 atom stereocenters. The number of nitrogens with zero attached hydrogens (tertiary/aromatic N) is 1. The third-order valence-corrected chi connectivity index (χ3v) is 3.94. The Hall–Kier alpha value is -0.800. The Balaban J connectivity index is 2.20. The van der Waals surface area contributed by atoms with E-state index in [0.717, 1.165) is 24.2 Å². The van der Waals surface area contributed by atoms with Gasteiger partial charge in [0.15, 0.2) is 0 Å². The van der Waals surface area contributed by atoms with Gasteiger partial charge in [-0.05, 0) is 42.8 Å². The number of benzene rings is 1. The molecule has 20 heavy (non-hydrogen) atoms. The van der Waals surface area contributed by atoms with Crippen molar-refractivity contribution in [2.24, 2.45) is 0 Å². The Morgan fingerprint density at radius 3 is 2.50 bits per heavy atom. The first-order valence-electron chi connectivity index (χ1n) is 6.39. The lowest BCUT2D eigenvalue weighted by Crippen LogP contribution is -2.23. The summed E-state index contributed by atoms with van der Waals surface area (Å²) in [4.78, 5) is 4.38. The van der Waals surface area contributed by atoms with E-state index in [1.165, 1.54) is 0 Å². The second kappa shape index (κ2) is 7.28. The number of nitrogens with one attached hydrogen (secondary N) is 1. The highest BCUT2D eigenvalue weighted by Gasteiger charge is 2.13. The van der Waals surface area contributed by atoms with Crippen LogP contribution in [0.25, 0.3) is 0 Å². The molecule has 1 aromatic carbocycles. The zero-order valence-electron chi connectivity index (χ0n) is 11.0. The van der Waals surface area contributed by atoms with Gasteiger partial charge in [-0.3, -0.25) is 4.98 Å². The van der Waals surface area contributed by atoms with Crippen molar-refractivity contribution in [2.75, 3.05) is 6.54 Å². The summed E-state index contributed by atoms with van der Waals surface area (Å²) in [6.07, 6.45) is 2.45. The first-order valence-corrected chi connectivity index (χ1v) is 7.52. The normalized spacial score (nSPS) is 12.4. The van der Waals surface area contributed by atoms with Crippen LogP contribution in [0.4, 0.5) is 0 Å². The summed E-state index contributed by atoms with van der Waals surface area (Å²) in [6, 6.07) is 9.60. The van der Waals surface area contributed by atoms with Gasteiger partial charge in [-0.1, -0.05) is 47.8 Å². The van der Waals surface area contributed by atoms with Gasteiger partial charge in [-0.25, -0.2) is 0 Å². The average Bonchev–Trinajstić information content (AvgIpc) is 2.43. The minimum atomic E-state index is 0.120. The van der Waals surface area contributed by atoms with E-state index in [1.807, 2.05) is 30.3 Å². The standard InChI is InChI=1S/C15H15Cl3N2/c1-2-19-15(14-6-4-11(16)9-20-14)8-10-3-5-12(17)13(18)7-10/h3-7,9,15,19H,2,8H2,1H3. The largest absolute Gasteiger partial charge is 0.309 e. The molecule has 0 fully saturated rings. The molecule has 0 amide bonds. The second-order valence-electron chi connectivity index (χ2n) is 4.46. The van der Waals surface area contributed by atoms with Gasteiger partial charge in [0.1, 0.15) is 0 Å². The third-order valence-electron chi connectivity index (χ3n) is 2.98. The van der Waals surface area contributed by atoms with E-state index in [4.69, 9.17) is 34.8 Å².